The molecule has 5 nitrogen and oxygen atoms in total. The van der Waals surface area contributed by atoms with Crippen molar-refractivity contribution in [1.29, 1.82) is 0 Å². The van der Waals surface area contributed by atoms with Crippen LogP contribution in [0.1, 0.15) is 54.7 Å². The van der Waals surface area contributed by atoms with Gasteiger partial charge in [0.1, 0.15) is 0 Å². The Hall–Kier alpha value is -2.64. The second-order valence-electron chi connectivity index (χ2n) is 12.2. The topological polar surface area (TPSA) is 70.2 Å². The highest BCUT2D eigenvalue weighted by Gasteiger charge is 2.69. The predicted molar refractivity (Wildman–Crippen MR) is 147 cm³/mol. The molecule has 2 bridgehead atoms. The highest BCUT2D eigenvalue weighted by Crippen LogP contribution is 2.68. The summed E-state index contributed by atoms with van der Waals surface area (Å²) < 4.78 is 0. The van der Waals surface area contributed by atoms with E-state index in [4.69, 9.17) is 0 Å². The number of rotatable bonds is 2. The second kappa shape index (κ2) is 7.93. The number of H-pyrrole nitrogens is 1. The summed E-state index contributed by atoms with van der Waals surface area (Å²) in [4.78, 5) is 45.6. The van der Waals surface area contributed by atoms with Gasteiger partial charge in [0.25, 0.3) is 0 Å². The molecule has 3 fully saturated rings. The van der Waals surface area contributed by atoms with E-state index in [1.165, 1.54) is 27.4 Å². The van der Waals surface area contributed by atoms with Crippen LogP contribution in [0.3, 0.4) is 0 Å². The van der Waals surface area contributed by atoms with Crippen molar-refractivity contribution in [2.45, 2.75) is 55.7 Å². The minimum absolute atomic E-state index is 0.0287. The number of aromatic nitrogens is 1. The minimum Gasteiger partial charge on any atom is -0.307 e. The summed E-state index contributed by atoms with van der Waals surface area (Å²) in [6, 6.07) is 16.5. The van der Waals surface area contributed by atoms with Crippen LogP contribution in [0.25, 0.3) is 0 Å². The summed E-state index contributed by atoms with van der Waals surface area (Å²) in [6.07, 6.45) is 0.909. The summed E-state index contributed by atoms with van der Waals surface area (Å²) >= 11 is 3.05. The zero-order valence-corrected chi connectivity index (χ0v) is 23.0. The van der Waals surface area contributed by atoms with Crippen LogP contribution < -0.4 is 9.77 Å². The van der Waals surface area contributed by atoms with Crippen LogP contribution in [0.2, 0.25) is 0 Å². The lowest BCUT2D eigenvalue weighted by molar-refractivity contribution is -0.123. The normalized spacial score (nSPS) is 32.0. The van der Waals surface area contributed by atoms with Crippen LogP contribution in [-0.2, 0) is 15.0 Å². The Kier molecular flexibility index (Phi) is 5.03. The molecule has 0 radical (unpaired) electrons. The van der Waals surface area contributed by atoms with Gasteiger partial charge in [0.05, 0.1) is 22.5 Å². The maximum Gasteiger partial charge on any atom is 0.305 e. The zero-order valence-electron chi connectivity index (χ0n) is 21.4. The third-order valence-electron chi connectivity index (χ3n) is 9.15. The molecule has 37 heavy (non-hydrogen) atoms. The van der Waals surface area contributed by atoms with Gasteiger partial charge in [-0.25, -0.2) is 0 Å². The number of thioether (sulfide) groups is 1. The van der Waals surface area contributed by atoms with Crippen molar-refractivity contribution in [2.24, 2.45) is 29.6 Å². The van der Waals surface area contributed by atoms with Crippen LogP contribution in [-0.4, -0.2) is 22.0 Å². The molecule has 3 heterocycles. The first kappa shape index (κ1) is 23.5. The molecule has 7 heteroatoms. The first-order valence-electron chi connectivity index (χ1n) is 13.1. The highest BCUT2D eigenvalue weighted by molar-refractivity contribution is 8.00. The Bertz CT molecular complexity index is 1480. The number of carbonyl (C=O) groups is 2. The largest absolute Gasteiger partial charge is 0.307 e. The van der Waals surface area contributed by atoms with Crippen molar-refractivity contribution >= 4 is 40.6 Å². The number of fused-ring (bicyclic) bond motifs is 9. The van der Waals surface area contributed by atoms with E-state index in [0.717, 1.165) is 21.9 Å². The Morgan fingerprint density at radius 2 is 1.54 bits per heavy atom. The zero-order chi connectivity index (χ0) is 25.8. The first-order valence-corrected chi connectivity index (χ1v) is 14.8. The quantitative estimate of drug-likeness (QED) is 0.430. The molecule has 1 saturated heterocycles. The van der Waals surface area contributed by atoms with Gasteiger partial charge >= 0.3 is 4.87 Å². The smallest absolute Gasteiger partial charge is 0.305 e. The first-order chi connectivity index (χ1) is 17.6. The monoisotopic (exact) mass is 530 g/mol. The van der Waals surface area contributed by atoms with Gasteiger partial charge < -0.3 is 4.98 Å². The number of aromatic amines is 1. The lowest BCUT2D eigenvalue weighted by Gasteiger charge is -2.43. The molecule has 7 atom stereocenters. The number of hydrogen-bond acceptors (Lipinski definition) is 5. The lowest BCUT2D eigenvalue weighted by Crippen LogP contribution is -2.42. The minimum atomic E-state index is -0.269. The standard InChI is InChI=1S/C30H30N2O3S2/c1-14-5-11-17(12-6-14)32-27(33)22-18-13-19(23(22)28(32)34)24-21(18)20(25-26(36-24)31-29(35)37-25)15-7-9-16(10-8-15)30(2,3)4/h5-12,18-24H,13H2,1-4H3,(H,31,35). The number of nitrogens with zero attached hydrogens (tertiary/aromatic N) is 1. The van der Waals surface area contributed by atoms with E-state index in [1.54, 1.807) is 11.8 Å². The average molecular weight is 531 g/mol. The molecule has 2 aliphatic carbocycles. The number of thiazole rings is 1. The summed E-state index contributed by atoms with van der Waals surface area (Å²) in [5, 5.41) is 1.17. The molecular formula is C30H30N2O3S2. The molecular weight excluding hydrogens is 500 g/mol. The van der Waals surface area contributed by atoms with E-state index in [1.807, 2.05) is 31.2 Å². The molecule has 2 saturated carbocycles. The number of amides is 2. The van der Waals surface area contributed by atoms with Crippen LogP contribution in [0.15, 0.2) is 58.4 Å². The van der Waals surface area contributed by atoms with Gasteiger partial charge in [-0.1, -0.05) is 74.1 Å². The Labute approximate surface area is 224 Å². The van der Waals surface area contributed by atoms with Gasteiger partial charge in [-0.2, -0.15) is 0 Å². The van der Waals surface area contributed by atoms with Crippen molar-refractivity contribution in [3.8, 4) is 0 Å². The molecule has 2 aromatic carbocycles. The van der Waals surface area contributed by atoms with Gasteiger partial charge in [0.15, 0.2) is 0 Å². The maximum absolute atomic E-state index is 13.8. The maximum atomic E-state index is 13.8. The van der Waals surface area contributed by atoms with Gasteiger partial charge in [-0.05, 0) is 59.8 Å². The third kappa shape index (κ3) is 3.32. The summed E-state index contributed by atoms with van der Waals surface area (Å²) in [6.45, 7) is 8.64. The van der Waals surface area contributed by atoms with Gasteiger partial charge in [-0.15, -0.1) is 11.8 Å². The van der Waals surface area contributed by atoms with Crippen molar-refractivity contribution in [3.63, 3.8) is 0 Å². The number of nitrogens with one attached hydrogen (secondary N) is 1. The van der Waals surface area contributed by atoms with Gasteiger partial charge in [0, 0.05) is 16.0 Å². The molecule has 4 aliphatic rings. The molecule has 0 spiro atoms. The van der Waals surface area contributed by atoms with Crippen molar-refractivity contribution in [2.75, 3.05) is 4.90 Å². The molecule has 1 aromatic heterocycles. The average Bonchev–Trinajstić information content (AvgIpc) is 3.58. The molecule has 2 amide bonds. The van der Waals surface area contributed by atoms with Crippen molar-refractivity contribution in [1.82, 2.24) is 4.98 Å². The predicted octanol–water partition coefficient (Wildman–Crippen LogP) is 5.72. The molecule has 1 N–H and O–H groups in total. The molecule has 3 aromatic rings. The van der Waals surface area contributed by atoms with Crippen LogP contribution in [0.5, 0.6) is 0 Å². The van der Waals surface area contributed by atoms with Gasteiger partial charge in [0.2, 0.25) is 11.8 Å². The van der Waals surface area contributed by atoms with E-state index in [9.17, 15) is 14.4 Å². The number of hydrogen-bond donors (Lipinski definition) is 1. The highest BCUT2D eigenvalue weighted by atomic mass is 32.2. The lowest BCUT2D eigenvalue weighted by atomic mass is 9.68. The van der Waals surface area contributed by atoms with E-state index < -0.39 is 0 Å². The Morgan fingerprint density at radius 3 is 2.19 bits per heavy atom. The molecule has 2 aliphatic heterocycles. The second-order valence-corrected chi connectivity index (χ2v) is 14.4. The number of imide groups is 1. The number of anilines is 1. The van der Waals surface area contributed by atoms with E-state index in [-0.39, 0.29) is 62.9 Å². The number of carbonyl (C=O) groups excluding carboxylic acids is 2. The van der Waals surface area contributed by atoms with E-state index in [2.05, 4.69) is 50.0 Å². The number of benzene rings is 2. The fourth-order valence-electron chi connectivity index (χ4n) is 7.53. The fourth-order valence-corrected chi connectivity index (χ4v) is 10.4. The fraction of sp³-hybridized carbons (Fsp3) is 0.433. The molecule has 7 rings (SSSR count). The third-order valence-corrected chi connectivity index (χ3v) is 11.7. The van der Waals surface area contributed by atoms with Crippen LogP contribution >= 0.6 is 23.1 Å². The van der Waals surface area contributed by atoms with Crippen molar-refractivity contribution in [3.05, 3.63) is 79.8 Å². The summed E-state index contributed by atoms with van der Waals surface area (Å²) in [7, 11) is 0. The summed E-state index contributed by atoms with van der Waals surface area (Å²) in [5.74, 6) is -0.0397. The van der Waals surface area contributed by atoms with Crippen LogP contribution in [0, 0.1) is 36.5 Å². The summed E-state index contributed by atoms with van der Waals surface area (Å²) in [5.41, 5.74) is 4.33. The molecule has 7 unspecified atom stereocenters. The number of aryl methyl sites for hydroxylation is 1. The van der Waals surface area contributed by atoms with Crippen molar-refractivity contribution < 1.29 is 9.59 Å². The van der Waals surface area contributed by atoms with Crippen LogP contribution in [0.4, 0.5) is 5.69 Å². The Balaban J connectivity index is 1.30. The SMILES string of the molecule is Cc1ccc(N2C(=O)C3C4CC(C3C2=O)C2C(c3ccc(C(C)(C)C)cc3)c3sc(=O)[nH]c3SC42)cc1. The Morgan fingerprint density at radius 1 is 0.892 bits per heavy atom. The molecule has 190 valence electrons. The van der Waals surface area contributed by atoms with E-state index in [0.29, 0.717) is 5.69 Å². The van der Waals surface area contributed by atoms with Gasteiger partial charge in [-0.3, -0.25) is 19.3 Å². The van der Waals surface area contributed by atoms with E-state index >= 15 is 0 Å².